The van der Waals surface area contributed by atoms with Crippen LogP contribution < -0.4 is 0 Å². The highest BCUT2D eigenvalue weighted by Gasteiger charge is 2.32. The van der Waals surface area contributed by atoms with Crippen molar-refractivity contribution in [1.29, 1.82) is 0 Å². The molecular formula is C9H14F2O2. The largest absolute Gasteiger partial charge is 0.481 e. The lowest BCUT2D eigenvalue weighted by Gasteiger charge is -2.12. The Hall–Kier alpha value is -0.670. The van der Waals surface area contributed by atoms with Gasteiger partial charge in [0, 0.05) is 19.3 Å². The number of carboxylic acid groups (broad SMARTS) is 1. The summed E-state index contributed by atoms with van der Waals surface area (Å²) >= 11 is 0. The Labute approximate surface area is 75.9 Å². The number of carboxylic acids is 1. The Bertz CT molecular complexity index is 192. The summed E-state index contributed by atoms with van der Waals surface area (Å²) in [6.45, 7) is 0. The maximum absolute atomic E-state index is 12.8. The first kappa shape index (κ1) is 10.4. The first-order chi connectivity index (χ1) is 5.99. The van der Waals surface area contributed by atoms with Crippen LogP contribution in [0.5, 0.6) is 0 Å². The van der Waals surface area contributed by atoms with Crippen LogP contribution in [0.1, 0.15) is 38.5 Å². The number of hydrogen-bond acceptors (Lipinski definition) is 1. The Morgan fingerprint density at radius 2 is 2.08 bits per heavy atom. The van der Waals surface area contributed by atoms with E-state index in [-0.39, 0.29) is 25.2 Å². The lowest BCUT2D eigenvalue weighted by atomic mass is 9.97. The summed E-state index contributed by atoms with van der Waals surface area (Å²) in [5, 5.41) is 8.50. The Morgan fingerprint density at radius 3 is 2.69 bits per heavy atom. The summed E-state index contributed by atoms with van der Waals surface area (Å²) in [4.78, 5) is 10.4. The van der Waals surface area contributed by atoms with E-state index in [9.17, 15) is 13.6 Å². The molecule has 4 heteroatoms. The molecule has 1 rings (SSSR count). The summed E-state index contributed by atoms with van der Waals surface area (Å²) in [7, 11) is 0. The third-order valence-electron chi connectivity index (χ3n) is 2.54. The fourth-order valence-corrected chi connectivity index (χ4v) is 1.79. The third-order valence-corrected chi connectivity index (χ3v) is 2.54. The Kier molecular flexibility index (Phi) is 3.22. The molecule has 0 aromatic heterocycles. The van der Waals surface area contributed by atoms with E-state index in [4.69, 9.17) is 5.11 Å². The summed E-state index contributed by atoms with van der Waals surface area (Å²) < 4.78 is 25.7. The highest BCUT2D eigenvalue weighted by Crippen LogP contribution is 2.35. The van der Waals surface area contributed by atoms with Gasteiger partial charge < -0.3 is 5.11 Å². The first-order valence-corrected chi connectivity index (χ1v) is 4.59. The average molecular weight is 192 g/mol. The van der Waals surface area contributed by atoms with Crippen molar-refractivity contribution in [2.75, 3.05) is 0 Å². The third kappa shape index (κ3) is 3.70. The number of hydrogen-bond donors (Lipinski definition) is 1. The second-order valence-electron chi connectivity index (χ2n) is 3.75. The van der Waals surface area contributed by atoms with Gasteiger partial charge in [0.15, 0.2) is 0 Å². The van der Waals surface area contributed by atoms with Crippen molar-refractivity contribution in [3.05, 3.63) is 0 Å². The van der Waals surface area contributed by atoms with Gasteiger partial charge in [-0.1, -0.05) is 0 Å². The number of halogens is 2. The van der Waals surface area contributed by atoms with Crippen molar-refractivity contribution in [2.24, 2.45) is 5.92 Å². The molecule has 0 radical (unpaired) electrons. The summed E-state index contributed by atoms with van der Waals surface area (Å²) in [6, 6.07) is 0. The molecule has 1 saturated carbocycles. The number of aliphatic carboxylic acids is 1. The van der Waals surface area contributed by atoms with E-state index in [0.29, 0.717) is 19.3 Å². The highest BCUT2D eigenvalue weighted by atomic mass is 19.3. The number of alkyl halides is 2. The van der Waals surface area contributed by atoms with Crippen LogP contribution in [0.25, 0.3) is 0 Å². The summed E-state index contributed by atoms with van der Waals surface area (Å²) in [5.74, 6) is -3.49. The SMILES string of the molecule is O=C(O)CC1CCCC(F)(F)CC1. The van der Waals surface area contributed by atoms with Crippen LogP contribution >= 0.6 is 0 Å². The molecule has 2 nitrogen and oxygen atoms in total. The van der Waals surface area contributed by atoms with Gasteiger partial charge in [0.25, 0.3) is 0 Å². The molecule has 1 N–H and O–H groups in total. The van der Waals surface area contributed by atoms with Crippen molar-refractivity contribution in [2.45, 2.75) is 44.4 Å². The molecule has 0 aromatic carbocycles. The molecule has 0 heterocycles. The van der Waals surface area contributed by atoms with Crippen molar-refractivity contribution < 1.29 is 18.7 Å². The van der Waals surface area contributed by atoms with Crippen LogP contribution in [0, 0.1) is 5.92 Å². The van der Waals surface area contributed by atoms with Gasteiger partial charge in [-0.15, -0.1) is 0 Å². The maximum Gasteiger partial charge on any atom is 0.303 e. The lowest BCUT2D eigenvalue weighted by molar-refractivity contribution is -0.138. The predicted octanol–water partition coefficient (Wildman–Crippen LogP) is 2.68. The molecule has 0 spiro atoms. The number of carbonyl (C=O) groups is 1. The number of rotatable bonds is 2. The van der Waals surface area contributed by atoms with E-state index in [1.165, 1.54) is 0 Å². The topological polar surface area (TPSA) is 37.3 Å². The Balaban J connectivity index is 2.40. The second kappa shape index (κ2) is 4.03. The molecule has 1 aliphatic carbocycles. The van der Waals surface area contributed by atoms with Gasteiger partial charge in [-0.05, 0) is 25.2 Å². The van der Waals surface area contributed by atoms with Gasteiger partial charge in [-0.2, -0.15) is 0 Å². The van der Waals surface area contributed by atoms with Crippen LogP contribution in [0.3, 0.4) is 0 Å². The van der Waals surface area contributed by atoms with E-state index >= 15 is 0 Å². The quantitative estimate of drug-likeness (QED) is 0.683. The van der Waals surface area contributed by atoms with Gasteiger partial charge in [-0.25, -0.2) is 8.78 Å². The zero-order chi connectivity index (χ0) is 9.90. The fraction of sp³-hybridized carbons (Fsp3) is 0.889. The van der Waals surface area contributed by atoms with E-state index in [0.717, 1.165) is 0 Å². The summed E-state index contributed by atoms with van der Waals surface area (Å²) in [6.07, 6.45) is 1.23. The van der Waals surface area contributed by atoms with Gasteiger partial charge in [-0.3, -0.25) is 4.79 Å². The molecule has 0 amide bonds. The average Bonchev–Trinajstić information content (AvgIpc) is 2.12. The van der Waals surface area contributed by atoms with Crippen molar-refractivity contribution in [1.82, 2.24) is 0 Å². The molecule has 0 bridgehead atoms. The minimum atomic E-state index is -2.56. The van der Waals surface area contributed by atoms with Gasteiger partial charge >= 0.3 is 5.97 Å². The molecule has 0 aromatic rings. The van der Waals surface area contributed by atoms with Gasteiger partial charge in [0.1, 0.15) is 0 Å². The minimum Gasteiger partial charge on any atom is -0.481 e. The normalized spacial score (nSPS) is 28.0. The molecule has 1 atom stereocenters. The highest BCUT2D eigenvalue weighted by molar-refractivity contribution is 5.66. The fourth-order valence-electron chi connectivity index (χ4n) is 1.79. The smallest absolute Gasteiger partial charge is 0.303 e. The monoisotopic (exact) mass is 192 g/mol. The molecule has 13 heavy (non-hydrogen) atoms. The van der Waals surface area contributed by atoms with Crippen LogP contribution in [0.15, 0.2) is 0 Å². The predicted molar refractivity (Wildman–Crippen MR) is 43.8 cm³/mol. The van der Waals surface area contributed by atoms with Crippen molar-refractivity contribution in [3.8, 4) is 0 Å². The lowest BCUT2D eigenvalue weighted by Crippen LogP contribution is -2.14. The molecule has 76 valence electrons. The van der Waals surface area contributed by atoms with Gasteiger partial charge in [0.05, 0.1) is 0 Å². The first-order valence-electron chi connectivity index (χ1n) is 4.59. The van der Waals surface area contributed by atoms with Gasteiger partial charge in [0.2, 0.25) is 5.92 Å². The van der Waals surface area contributed by atoms with Crippen LogP contribution in [0.2, 0.25) is 0 Å². The van der Waals surface area contributed by atoms with E-state index in [1.807, 2.05) is 0 Å². The summed E-state index contributed by atoms with van der Waals surface area (Å²) in [5.41, 5.74) is 0. The van der Waals surface area contributed by atoms with E-state index in [2.05, 4.69) is 0 Å². The molecular weight excluding hydrogens is 178 g/mol. The zero-order valence-corrected chi connectivity index (χ0v) is 7.43. The van der Waals surface area contributed by atoms with Crippen molar-refractivity contribution >= 4 is 5.97 Å². The van der Waals surface area contributed by atoms with Crippen LogP contribution in [-0.4, -0.2) is 17.0 Å². The minimum absolute atomic E-state index is 0.0378. The van der Waals surface area contributed by atoms with Crippen LogP contribution in [-0.2, 0) is 4.79 Å². The Morgan fingerprint density at radius 1 is 1.38 bits per heavy atom. The zero-order valence-electron chi connectivity index (χ0n) is 7.43. The standard InChI is InChI=1S/C9H14F2O2/c10-9(11)4-1-2-7(3-5-9)6-8(12)13/h7H,1-6H2,(H,12,13). The van der Waals surface area contributed by atoms with Crippen LogP contribution in [0.4, 0.5) is 8.78 Å². The molecule has 1 fully saturated rings. The van der Waals surface area contributed by atoms with Crippen molar-refractivity contribution in [3.63, 3.8) is 0 Å². The molecule has 0 saturated heterocycles. The second-order valence-corrected chi connectivity index (χ2v) is 3.75. The molecule has 1 aliphatic rings. The maximum atomic E-state index is 12.8. The molecule has 0 aliphatic heterocycles. The molecule has 1 unspecified atom stereocenters. The van der Waals surface area contributed by atoms with E-state index < -0.39 is 11.9 Å². The van der Waals surface area contributed by atoms with E-state index in [1.54, 1.807) is 0 Å².